The number of carbonyl (C=O) groups excluding carboxylic acids is 1. The average molecular weight is 502 g/mol. The normalized spacial score (nSPS) is 21.8. The van der Waals surface area contributed by atoms with Gasteiger partial charge in [-0.2, -0.15) is 0 Å². The van der Waals surface area contributed by atoms with Crippen LogP contribution in [0.4, 0.5) is 10.6 Å². The van der Waals surface area contributed by atoms with E-state index >= 15 is 0 Å². The molecule has 0 radical (unpaired) electrons. The SMILES string of the molecule is C[C@@H]1C[C@@H](Oc2ccc(S(=O)(=O)Nc3cscn3)cc2Cl)C[C@H](C)N1C(=O)OC(C)(C)C. The number of likely N-dealkylation sites (tertiary alicyclic amines) is 1. The van der Waals surface area contributed by atoms with Gasteiger partial charge >= 0.3 is 6.09 Å². The second-order valence-electron chi connectivity index (χ2n) is 8.87. The lowest BCUT2D eigenvalue weighted by molar-refractivity contribution is -0.0179. The molecule has 11 heteroatoms. The number of amides is 1. The quantitative estimate of drug-likeness (QED) is 0.608. The summed E-state index contributed by atoms with van der Waals surface area (Å²) in [5.41, 5.74) is 0.978. The van der Waals surface area contributed by atoms with E-state index in [2.05, 4.69) is 9.71 Å². The van der Waals surface area contributed by atoms with Crippen molar-refractivity contribution in [1.82, 2.24) is 9.88 Å². The maximum Gasteiger partial charge on any atom is 0.410 e. The second-order valence-corrected chi connectivity index (χ2v) is 11.7. The van der Waals surface area contributed by atoms with Crippen molar-refractivity contribution in [1.29, 1.82) is 0 Å². The molecule has 0 aliphatic carbocycles. The summed E-state index contributed by atoms with van der Waals surface area (Å²) in [4.78, 5) is 18.3. The number of piperidine rings is 1. The summed E-state index contributed by atoms with van der Waals surface area (Å²) < 4.78 is 39.1. The molecule has 32 heavy (non-hydrogen) atoms. The fourth-order valence-electron chi connectivity index (χ4n) is 3.67. The van der Waals surface area contributed by atoms with Crippen LogP contribution in [0.3, 0.4) is 0 Å². The zero-order chi connectivity index (χ0) is 23.7. The van der Waals surface area contributed by atoms with Crippen molar-refractivity contribution in [3.8, 4) is 5.75 Å². The summed E-state index contributed by atoms with van der Waals surface area (Å²) >= 11 is 7.63. The molecule has 2 heterocycles. The van der Waals surface area contributed by atoms with Gasteiger partial charge in [-0.3, -0.25) is 4.72 Å². The van der Waals surface area contributed by atoms with Gasteiger partial charge in [0.15, 0.2) is 5.82 Å². The zero-order valence-corrected chi connectivity index (χ0v) is 21.1. The number of hydrogen-bond acceptors (Lipinski definition) is 7. The first-order chi connectivity index (χ1) is 14.9. The summed E-state index contributed by atoms with van der Waals surface area (Å²) in [6.07, 6.45) is 0.694. The third-order valence-corrected chi connectivity index (χ3v) is 7.17. The molecule has 1 N–H and O–H groups in total. The Hall–Kier alpha value is -2.04. The number of ether oxygens (including phenoxy) is 2. The number of nitrogens with zero attached hydrogens (tertiary/aromatic N) is 2. The number of aromatic nitrogens is 1. The molecule has 1 aromatic heterocycles. The molecule has 3 rings (SSSR count). The molecule has 8 nitrogen and oxygen atoms in total. The average Bonchev–Trinajstić information content (AvgIpc) is 3.13. The number of carbonyl (C=O) groups is 1. The molecule has 1 saturated heterocycles. The Morgan fingerprint density at radius 3 is 2.44 bits per heavy atom. The van der Waals surface area contributed by atoms with Crippen molar-refractivity contribution in [3.63, 3.8) is 0 Å². The number of rotatable bonds is 5. The summed E-state index contributed by atoms with van der Waals surface area (Å²) in [5, 5.41) is 1.80. The Morgan fingerprint density at radius 2 is 1.91 bits per heavy atom. The molecular formula is C21H28ClN3O5S2. The van der Waals surface area contributed by atoms with E-state index in [4.69, 9.17) is 21.1 Å². The second kappa shape index (κ2) is 9.44. The van der Waals surface area contributed by atoms with Crippen molar-refractivity contribution in [3.05, 3.63) is 34.1 Å². The van der Waals surface area contributed by atoms with Crippen molar-refractivity contribution in [2.24, 2.45) is 0 Å². The van der Waals surface area contributed by atoms with Gasteiger partial charge in [-0.1, -0.05) is 11.6 Å². The molecule has 1 amide bonds. The zero-order valence-electron chi connectivity index (χ0n) is 18.7. The highest BCUT2D eigenvalue weighted by Gasteiger charge is 2.37. The topological polar surface area (TPSA) is 97.8 Å². The Labute approximate surface area is 197 Å². The monoisotopic (exact) mass is 501 g/mol. The highest BCUT2D eigenvalue weighted by molar-refractivity contribution is 7.92. The van der Waals surface area contributed by atoms with Crippen LogP contribution in [-0.4, -0.2) is 48.2 Å². The molecule has 1 aromatic carbocycles. The van der Waals surface area contributed by atoms with Crippen LogP contribution in [0.15, 0.2) is 34.0 Å². The maximum absolute atomic E-state index is 12.6. The van der Waals surface area contributed by atoms with E-state index in [1.807, 2.05) is 34.6 Å². The Morgan fingerprint density at radius 1 is 1.25 bits per heavy atom. The lowest BCUT2D eigenvalue weighted by Crippen LogP contribution is -2.53. The number of halogens is 1. The molecule has 0 bridgehead atoms. The van der Waals surface area contributed by atoms with E-state index in [0.29, 0.717) is 18.6 Å². The minimum atomic E-state index is -3.81. The summed E-state index contributed by atoms with van der Waals surface area (Å²) in [6.45, 7) is 9.44. The van der Waals surface area contributed by atoms with Crippen LogP contribution in [-0.2, 0) is 14.8 Å². The fraction of sp³-hybridized carbons (Fsp3) is 0.524. The molecule has 2 aromatic rings. The van der Waals surface area contributed by atoms with Crippen molar-refractivity contribution >= 4 is 44.9 Å². The lowest BCUT2D eigenvalue weighted by Gasteiger charge is -2.42. The molecule has 0 unspecified atom stereocenters. The fourth-order valence-corrected chi connectivity index (χ4v) is 5.55. The van der Waals surface area contributed by atoms with Crippen LogP contribution in [0, 0.1) is 0 Å². The van der Waals surface area contributed by atoms with Gasteiger partial charge < -0.3 is 14.4 Å². The van der Waals surface area contributed by atoms with E-state index in [9.17, 15) is 13.2 Å². The van der Waals surface area contributed by atoms with Gasteiger partial charge in [-0.25, -0.2) is 18.2 Å². The van der Waals surface area contributed by atoms with Crippen LogP contribution in [0.1, 0.15) is 47.5 Å². The molecule has 176 valence electrons. The van der Waals surface area contributed by atoms with Gasteiger partial charge in [0.25, 0.3) is 10.0 Å². The molecule has 3 atom stereocenters. The predicted molar refractivity (Wildman–Crippen MR) is 125 cm³/mol. The molecule has 0 spiro atoms. The molecule has 1 aliphatic heterocycles. The Bertz CT molecular complexity index is 1040. The van der Waals surface area contributed by atoms with Crippen LogP contribution in [0.2, 0.25) is 5.02 Å². The number of sulfonamides is 1. The summed E-state index contributed by atoms with van der Waals surface area (Å²) in [5.74, 6) is 0.653. The van der Waals surface area contributed by atoms with Crippen LogP contribution < -0.4 is 9.46 Å². The number of hydrogen-bond donors (Lipinski definition) is 1. The van der Waals surface area contributed by atoms with Gasteiger partial charge in [0.2, 0.25) is 0 Å². The third-order valence-electron chi connectivity index (χ3n) is 4.94. The minimum absolute atomic E-state index is 0.0179. The van der Waals surface area contributed by atoms with E-state index in [1.165, 1.54) is 29.0 Å². The van der Waals surface area contributed by atoms with Gasteiger partial charge in [0.05, 0.1) is 15.4 Å². The van der Waals surface area contributed by atoms with Gasteiger partial charge in [-0.05, 0) is 52.8 Å². The van der Waals surface area contributed by atoms with Crippen LogP contribution >= 0.6 is 22.9 Å². The lowest BCUT2D eigenvalue weighted by atomic mass is 9.95. The molecular weight excluding hydrogens is 474 g/mol. The smallest absolute Gasteiger partial charge is 0.410 e. The highest BCUT2D eigenvalue weighted by Crippen LogP contribution is 2.33. The first-order valence-electron chi connectivity index (χ1n) is 10.2. The molecule has 1 aliphatic rings. The van der Waals surface area contributed by atoms with Crippen LogP contribution in [0.25, 0.3) is 0 Å². The van der Waals surface area contributed by atoms with E-state index in [-0.39, 0.29) is 40.0 Å². The van der Waals surface area contributed by atoms with Crippen molar-refractivity contribution in [2.45, 2.75) is 76.1 Å². The first-order valence-corrected chi connectivity index (χ1v) is 13.0. The van der Waals surface area contributed by atoms with E-state index in [1.54, 1.807) is 16.3 Å². The molecule has 0 saturated carbocycles. The molecule has 1 fully saturated rings. The summed E-state index contributed by atoms with van der Waals surface area (Å²) in [6, 6.07) is 4.18. The summed E-state index contributed by atoms with van der Waals surface area (Å²) in [7, 11) is -3.81. The van der Waals surface area contributed by atoms with E-state index < -0.39 is 15.6 Å². The van der Waals surface area contributed by atoms with Gasteiger partial charge in [-0.15, -0.1) is 11.3 Å². The Balaban J connectivity index is 1.67. The predicted octanol–water partition coefficient (Wildman–Crippen LogP) is 5.15. The van der Waals surface area contributed by atoms with Crippen LogP contribution in [0.5, 0.6) is 5.75 Å². The van der Waals surface area contributed by atoms with E-state index in [0.717, 1.165) is 0 Å². The minimum Gasteiger partial charge on any atom is -0.489 e. The van der Waals surface area contributed by atoms with Gasteiger partial charge in [0, 0.05) is 30.3 Å². The van der Waals surface area contributed by atoms with Crippen molar-refractivity contribution < 1.29 is 22.7 Å². The van der Waals surface area contributed by atoms with Gasteiger partial charge in [0.1, 0.15) is 17.5 Å². The maximum atomic E-state index is 12.6. The Kier molecular flexibility index (Phi) is 7.26. The number of benzene rings is 1. The third kappa shape index (κ3) is 6.05. The largest absolute Gasteiger partial charge is 0.489 e. The van der Waals surface area contributed by atoms with Crippen molar-refractivity contribution in [2.75, 3.05) is 4.72 Å². The first kappa shape index (κ1) is 24.6. The number of anilines is 1. The number of thiazole rings is 1. The highest BCUT2D eigenvalue weighted by atomic mass is 35.5. The number of nitrogens with one attached hydrogen (secondary N) is 1. The standard InChI is InChI=1S/C21H28ClN3O5S2/c1-13-8-15(9-14(2)25(13)20(26)30-21(3,4)5)29-18-7-6-16(10-17(18)22)32(27,28)24-19-11-31-12-23-19/h6-7,10-15,24H,8-9H2,1-5H3/t13-,14+,15-.